The maximum Gasteiger partial charge on any atom is 0.0620 e. The van der Waals surface area contributed by atoms with Crippen LogP contribution in [0.1, 0.15) is 41.3 Å². The Morgan fingerprint density at radius 1 is 1.00 bits per heavy atom. The lowest BCUT2D eigenvalue weighted by Crippen LogP contribution is -2.05. The predicted molar refractivity (Wildman–Crippen MR) is 45.4 cm³/mol. The summed E-state index contributed by atoms with van der Waals surface area (Å²) in [5.41, 5.74) is 2.76. The van der Waals surface area contributed by atoms with E-state index in [4.69, 9.17) is 2.74 Å². The molecule has 0 unspecified atom stereocenters. The molecule has 64 valence electrons. The van der Waals surface area contributed by atoms with Crippen molar-refractivity contribution in [2.75, 3.05) is 13.0 Å². The van der Waals surface area contributed by atoms with Crippen molar-refractivity contribution in [3.05, 3.63) is 0 Å². The number of nitrogens with one attached hydrogen (secondary N) is 1. The maximum atomic E-state index is 7.47. The van der Waals surface area contributed by atoms with Gasteiger partial charge in [0.2, 0.25) is 0 Å². The molecule has 0 radical (unpaired) electrons. The average molecular weight is 157 g/mol. The van der Waals surface area contributed by atoms with Crippen molar-refractivity contribution in [2.24, 2.45) is 10.3 Å². The van der Waals surface area contributed by atoms with Crippen molar-refractivity contribution in [3.8, 4) is 0 Å². The minimum absolute atomic E-state index is 0.484. The molecule has 0 bridgehead atoms. The van der Waals surface area contributed by atoms with E-state index in [1.54, 1.807) is 0 Å². The Bertz CT molecular complexity index is 171. The van der Waals surface area contributed by atoms with Crippen LogP contribution in [0.2, 0.25) is 0 Å². The Morgan fingerprint density at radius 3 is 2.64 bits per heavy atom. The molecule has 0 aromatic heterocycles. The second kappa shape index (κ2) is 6.13. The van der Waals surface area contributed by atoms with Gasteiger partial charge in [0.1, 0.15) is 0 Å². The van der Waals surface area contributed by atoms with E-state index >= 15 is 0 Å². The largest absolute Gasteiger partial charge is 0.292 e. The van der Waals surface area contributed by atoms with Crippen molar-refractivity contribution >= 4 is 0 Å². The molecule has 0 fully saturated rings. The van der Waals surface area contributed by atoms with Crippen molar-refractivity contribution in [1.29, 1.82) is 0 Å². The topological polar surface area (TPSA) is 36.8 Å². The van der Waals surface area contributed by atoms with Crippen LogP contribution in [-0.4, -0.2) is 13.0 Å². The second-order valence-corrected chi connectivity index (χ2v) is 2.78. The lowest BCUT2D eigenvalue weighted by atomic mass is 10.1. The molecule has 0 aromatic carbocycles. The van der Waals surface area contributed by atoms with E-state index in [1.165, 1.54) is 12.8 Å². The van der Waals surface area contributed by atoms with E-state index in [9.17, 15) is 0 Å². The Labute approximate surface area is 71.1 Å². The van der Waals surface area contributed by atoms with Gasteiger partial charge in [0.15, 0.2) is 0 Å². The summed E-state index contributed by atoms with van der Waals surface area (Å²) < 4.78 is 14.9. The van der Waals surface area contributed by atoms with Gasteiger partial charge in [-0.2, -0.15) is 5.11 Å². The number of hydrogen-bond acceptors (Lipinski definition) is 3. The molecule has 1 rings (SSSR count). The Balaban J connectivity index is 2.39. The molecule has 1 aliphatic heterocycles. The van der Waals surface area contributed by atoms with Crippen LogP contribution in [0, 0.1) is 0 Å². The summed E-state index contributed by atoms with van der Waals surface area (Å²) in [7, 11) is 0. The lowest BCUT2D eigenvalue weighted by molar-refractivity contribution is 0.588. The van der Waals surface area contributed by atoms with Crippen LogP contribution in [0.25, 0.3) is 0 Å². The highest BCUT2D eigenvalue weighted by atomic mass is 15.4. The molecule has 0 saturated carbocycles. The Hall–Kier alpha value is -0.600. The summed E-state index contributed by atoms with van der Waals surface area (Å²) >= 11 is 0. The SMILES string of the molecule is [2H]C1([2H])CCCCCCCNN=N1. The third-order valence-electron chi connectivity index (χ3n) is 1.77. The Morgan fingerprint density at radius 2 is 1.73 bits per heavy atom. The van der Waals surface area contributed by atoms with Gasteiger partial charge in [0.25, 0.3) is 0 Å². The molecule has 0 spiro atoms. The molecule has 0 amide bonds. The van der Waals surface area contributed by atoms with Crippen LogP contribution in [0.3, 0.4) is 0 Å². The Kier molecular flexibility index (Phi) is 3.33. The van der Waals surface area contributed by atoms with Gasteiger partial charge in [-0.3, -0.25) is 5.43 Å². The molecule has 1 aliphatic rings. The van der Waals surface area contributed by atoms with Crippen LogP contribution in [-0.2, 0) is 0 Å². The van der Waals surface area contributed by atoms with Crippen LogP contribution in [0.4, 0.5) is 0 Å². The molecule has 0 aliphatic carbocycles. The van der Waals surface area contributed by atoms with E-state index in [1.807, 2.05) is 0 Å². The van der Waals surface area contributed by atoms with E-state index in [2.05, 4.69) is 15.8 Å². The van der Waals surface area contributed by atoms with Gasteiger partial charge in [-0.1, -0.05) is 30.9 Å². The molecular formula is C8H17N3. The summed E-state index contributed by atoms with van der Waals surface area (Å²) in [6, 6.07) is 0. The van der Waals surface area contributed by atoms with Gasteiger partial charge >= 0.3 is 0 Å². The van der Waals surface area contributed by atoms with Gasteiger partial charge in [-0.05, 0) is 12.8 Å². The number of rotatable bonds is 0. The minimum Gasteiger partial charge on any atom is -0.292 e. The van der Waals surface area contributed by atoms with Crippen LogP contribution >= 0.6 is 0 Å². The fraction of sp³-hybridized carbons (Fsp3) is 1.00. The van der Waals surface area contributed by atoms with E-state index < -0.39 is 6.50 Å². The summed E-state index contributed by atoms with van der Waals surface area (Å²) in [5.74, 6) is 0. The standard InChI is InChI=1S/C8H17N3/c1-2-4-6-8-10-11-9-7-5-3-1/h1-8H2,(H,9,10)/i7D2. The van der Waals surface area contributed by atoms with Crippen molar-refractivity contribution < 1.29 is 2.74 Å². The summed E-state index contributed by atoms with van der Waals surface area (Å²) in [5, 5.41) is 7.23. The lowest BCUT2D eigenvalue weighted by Gasteiger charge is -1.97. The highest BCUT2D eigenvalue weighted by Gasteiger charge is 1.92. The zero-order valence-electron chi connectivity index (χ0n) is 8.84. The number of hydrogen-bond donors (Lipinski definition) is 1. The predicted octanol–water partition coefficient (Wildman–Crippen LogP) is 2.30. The first-order chi connectivity index (χ1) is 6.21. The molecule has 3 heteroatoms. The molecule has 1 N–H and O–H groups in total. The summed E-state index contributed by atoms with van der Waals surface area (Å²) in [6.07, 6.45) is 5.99. The smallest absolute Gasteiger partial charge is 0.0620 e. The maximum absolute atomic E-state index is 7.47. The van der Waals surface area contributed by atoms with E-state index in [0.717, 1.165) is 25.8 Å². The fourth-order valence-electron chi connectivity index (χ4n) is 1.11. The third kappa shape index (κ3) is 4.76. The fourth-order valence-corrected chi connectivity index (χ4v) is 1.11. The average Bonchev–Trinajstić information content (AvgIpc) is 2.10. The van der Waals surface area contributed by atoms with E-state index in [-0.39, 0.29) is 0 Å². The first-order valence-corrected chi connectivity index (χ1v) is 4.35. The third-order valence-corrected chi connectivity index (χ3v) is 1.77. The molecule has 1 heterocycles. The van der Waals surface area contributed by atoms with Crippen molar-refractivity contribution in [3.63, 3.8) is 0 Å². The second-order valence-electron chi connectivity index (χ2n) is 2.78. The normalized spacial score (nSPS) is 29.1. The van der Waals surface area contributed by atoms with Crippen LogP contribution in [0.5, 0.6) is 0 Å². The van der Waals surface area contributed by atoms with Gasteiger partial charge in [-0.25, -0.2) is 0 Å². The van der Waals surface area contributed by atoms with Gasteiger partial charge in [-0.15, -0.1) is 0 Å². The quantitative estimate of drug-likeness (QED) is 0.575. The minimum atomic E-state index is -1.47. The van der Waals surface area contributed by atoms with Crippen LogP contribution in [0.15, 0.2) is 10.3 Å². The zero-order chi connectivity index (χ0) is 9.57. The highest BCUT2D eigenvalue weighted by Crippen LogP contribution is 2.05. The zero-order valence-corrected chi connectivity index (χ0v) is 6.84. The van der Waals surface area contributed by atoms with Crippen molar-refractivity contribution in [2.45, 2.75) is 38.5 Å². The molecule has 11 heavy (non-hydrogen) atoms. The molecule has 0 atom stereocenters. The molecular weight excluding hydrogens is 138 g/mol. The van der Waals surface area contributed by atoms with Gasteiger partial charge in [0, 0.05) is 6.54 Å². The van der Waals surface area contributed by atoms with Gasteiger partial charge in [0.05, 0.1) is 9.24 Å². The molecule has 0 aromatic rings. The highest BCUT2D eigenvalue weighted by molar-refractivity contribution is 4.49. The summed E-state index contributed by atoms with van der Waals surface area (Å²) in [6.45, 7) is -0.670. The first kappa shape index (κ1) is 5.98. The van der Waals surface area contributed by atoms with Crippen LogP contribution < -0.4 is 5.43 Å². The molecule has 3 nitrogen and oxygen atoms in total. The van der Waals surface area contributed by atoms with Gasteiger partial charge < -0.3 is 0 Å². The first-order valence-electron chi connectivity index (χ1n) is 5.35. The van der Waals surface area contributed by atoms with Crippen molar-refractivity contribution in [1.82, 2.24) is 5.43 Å². The monoisotopic (exact) mass is 157 g/mol. The number of nitrogens with zero attached hydrogens (tertiary/aromatic N) is 2. The summed E-state index contributed by atoms with van der Waals surface area (Å²) in [4.78, 5) is 0. The van der Waals surface area contributed by atoms with E-state index in [0.29, 0.717) is 6.42 Å². The molecule has 0 saturated heterocycles.